The number of rotatable bonds is 9. The van der Waals surface area contributed by atoms with Gasteiger partial charge in [-0.05, 0) is 31.0 Å². The zero-order valence-corrected chi connectivity index (χ0v) is 21.0. The molecule has 0 spiro atoms. The van der Waals surface area contributed by atoms with Crippen LogP contribution in [-0.4, -0.2) is 52.9 Å². The highest BCUT2D eigenvalue weighted by Gasteiger charge is 2.44. The Balaban J connectivity index is 1.77. The van der Waals surface area contributed by atoms with Gasteiger partial charge in [0.1, 0.15) is 10.8 Å². The fourth-order valence-electron chi connectivity index (χ4n) is 4.19. The minimum absolute atomic E-state index is 0.0243. The summed E-state index contributed by atoms with van der Waals surface area (Å²) < 4.78 is 10.3. The summed E-state index contributed by atoms with van der Waals surface area (Å²) >= 11 is 1.22. The summed E-state index contributed by atoms with van der Waals surface area (Å²) in [6.45, 7) is 3.69. The molecule has 1 atom stereocenters. The molecule has 1 N–H and O–H groups in total. The van der Waals surface area contributed by atoms with E-state index in [1.165, 1.54) is 23.2 Å². The van der Waals surface area contributed by atoms with Crippen LogP contribution < -0.4 is 4.74 Å². The van der Waals surface area contributed by atoms with Crippen LogP contribution in [-0.2, 0) is 14.3 Å². The molecule has 1 aliphatic rings. The highest BCUT2D eigenvalue weighted by Crippen LogP contribution is 2.41. The van der Waals surface area contributed by atoms with Gasteiger partial charge in [0.05, 0.1) is 22.2 Å². The van der Waals surface area contributed by atoms with Crippen molar-refractivity contribution in [1.82, 2.24) is 9.88 Å². The molecule has 0 aliphatic carbocycles. The Morgan fingerprint density at radius 3 is 2.58 bits per heavy atom. The van der Waals surface area contributed by atoms with Crippen LogP contribution in [0.15, 0.2) is 65.9 Å². The lowest BCUT2D eigenvalue weighted by Gasteiger charge is -2.27. The number of hydrogen-bond donors (Lipinski definition) is 1. The number of esters is 1. The number of hydrogen-bond acceptors (Lipinski definition) is 8. The van der Waals surface area contributed by atoms with Crippen molar-refractivity contribution in [3.63, 3.8) is 0 Å². The molecular formula is C27H26N2O6S. The zero-order valence-electron chi connectivity index (χ0n) is 20.2. The summed E-state index contributed by atoms with van der Waals surface area (Å²) in [6.07, 6.45) is 0.509. The van der Waals surface area contributed by atoms with E-state index in [4.69, 9.17) is 9.47 Å². The zero-order chi connectivity index (χ0) is 25.8. The van der Waals surface area contributed by atoms with E-state index in [-0.39, 0.29) is 17.9 Å². The number of carbonyl (C=O) groups is 3. The number of benzene rings is 2. The lowest BCUT2D eigenvalue weighted by molar-refractivity contribution is -0.132. The second-order valence-corrected chi connectivity index (χ2v) is 9.30. The average molecular weight is 507 g/mol. The van der Waals surface area contributed by atoms with Gasteiger partial charge in [0.15, 0.2) is 5.76 Å². The van der Waals surface area contributed by atoms with E-state index in [9.17, 15) is 19.5 Å². The number of thiazole rings is 1. The van der Waals surface area contributed by atoms with Crippen LogP contribution in [0.2, 0.25) is 0 Å². The number of nitrogens with zero attached hydrogens (tertiary/aromatic N) is 2. The van der Waals surface area contributed by atoms with Gasteiger partial charge in [0, 0.05) is 32.7 Å². The number of aliphatic hydroxyl groups is 1. The van der Waals surface area contributed by atoms with Crippen LogP contribution in [0.3, 0.4) is 0 Å². The number of aryl methyl sites for hydroxylation is 1. The largest absolute Gasteiger partial charge is 0.503 e. The van der Waals surface area contributed by atoms with E-state index >= 15 is 0 Å². The first kappa shape index (κ1) is 25.3. The first-order valence-electron chi connectivity index (χ1n) is 11.4. The van der Waals surface area contributed by atoms with Crippen LogP contribution >= 0.6 is 11.3 Å². The molecule has 0 fully saturated rings. The van der Waals surface area contributed by atoms with Gasteiger partial charge in [-0.3, -0.25) is 14.4 Å². The summed E-state index contributed by atoms with van der Waals surface area (Å²) in [7, 11) is 1.56. The molecule has 1 aromatic heterocycles. The third kappa shape index (κ3) is 5.07. The van der Waals surface area contributed by atoms with Gasteiger partial charge >= 0.3 is 5.97 Å². The summed E-state index contributed by atoms with van der Waals surface area (Å²) in [5, 5.41) is 11.6. The van der Waals surface area contributed by atoms with E-state index in [1.807, 2.05) is 30.3 Å². The molecule has 1 unspecified atom stereocenters. The molecule has 1 aliphatic heterocycles. The Labute approximate surface area is 212 Å². The normalized spacial score (nSPS) is 15.5. The third-order valence-electron chi connectivity index (χ3n) is 5.75. The Morgan fingerprint density at radius 2 is 1.89 bits per heavy atom. The predicted octanol–water partition coefficient (Wildman–Crippen LogP) is 4.66. The summed E-state index contributed by atoms with van der Waals surface area (Å²) in [5.41, 5.74) is 1.90. The van der Waals surface area contributed by atoms with Crippen molar-refractivity contribution in [1.29, 1.82) is 0 Å². The monoisotopic (exact) mass is 506 g/mol. The molecule has 0 bridgehead atoms. The number of aliphatic hydroxyl groups excluding tert-OH is 1. The van der Waals surface area contributed by atoms with Gasteiger partial charge in [-0.2, -0.15) is 0 Å². The van der Waals surface area contributed by atoms with Crippen molar-refractivity contribution < 1.29 is 29.0 Å². The number of methoxy groups -OCH3 is 1. The Bertz CT molecular complexity index is 1330. The van der Waals surface area contributed by atoms with Gasteiger partial charge in [-0.15, -0.1) is 11.3 Å². The quantitative estimate of drug-likeness (QED) is 0.195. The number of ketones is 1. The summed E-state index contributed by atoms with van der Waals surface area (Å²) in [5.74, 6) is -1.90. The molecule has 0 saturated heterocycles. The molecule has 0 radical (unpaired) electrons. The van der Waals surface area contributed by atoms with Gasteiger partial charge in [0.25, 0.3) is 5.91 Å². The van der Waals surface area contributed by atoms with Crippen LogP contribution in [0.4, 0.5) is 0 Å². The maximum atomic E-state index is 13.9. The van der Waals surface area contributed by atoms with E-state index in [1.54, 1.807) is 38.3 Å². The Hall–Kier alpha value is -3.82. The van der Waals surface area contributed by atoms with Crippen molar-refractivity contribution in [3.8, 4) is 16.3 Å². The minimum Gasteiger partial charge on any atom is -0.503 e. The summed E-state index contributed by atoms with van der Waals surface area (Å²) in [6, 6.07) is 15.2. The van der Waals surface area contributed by atoms with Gasteiger partial charge < -0.3 is 19.5 Å². The highest BCUT2D eigenvalue weighted by atomic mass is 32.1. The molecule has 4 rings (SSSR count). The Kier molecular flexibility index (Phi) is 7.61. The molecule has 3 aromatic rings. The van der Waals surface area contributed by atoms with Gasteiger partial charge in [0.2, 0.25) is 5.78 Å². The second-order valence-electron chi connectivity index (χ2n) is 8.30. The molecule has 2 heterocycles. The molecule has 9 heteroatoms. The maximum Gasteiger partial charge on any atom is 0.308 e. The topological polar surface area (TPSA) is 106 Å². The number of amides is 1. The fourth-order valence-corrected chi connectivity index (χ4v) is 5.22. The third-order valence-corrected chi connectivity index (χ3v) is 6.96. The average Bonchev–Trinajstić information content (AvgIpc) is 3.37. The molecule has 186 valence electrons. The minimum atomic E-state index is -0.862. The first-order valence-corrected chi connectivity index (χ1v) is 12.2. The van der Waals surface area contributed by atoms with Crippen molar-refractivity contribution >= 4 is 29.0 Å². The lowest BCUT2D eigenvalue weighted by atomic mass is 9.95. The van der Waals surface area contributed by atoms with E-state index in [2.05, 4.69) is 4.98 Å². The van der Waals surface area contributed by atoms with Crippen molar-refractivity contribution in [2.24, 2.45) is 0 Å². The predicted molar refractivity (Wildman–Crippen MR) is 135 cm³/mol. The van der Waals surface area contributed by atoms with Crippen molar-refractivity contribution in [3.05, 3.63) is 82.1 Å². The van der Waals surface area contributed by atoms with Gasteiger partial charge in [-0.25, -0.2) is 4.98 Å². The second kappa shape index (κ2) is 10.8. The lowest BCUT2D eigenvalue weighted by Crippen LogP contribution is -2.32. The number of ether oxygens (including phenoxy) is 2. The molecule has 2 aromatic carbocycles. The Morgan fingerprint density at radius 1 is 1.14 bits per heavy atom. The van der Waals surface area contributed by atoms with Crippen LogP contribution in [0.5, 0.6) is 5.75 Å². The molecular weight excluding hydrogens is 480 g/mol. The van der Waals surface area contributed by atoms with Crippen LogP contribution in [0, 0.1) is 6.92 Å². The van der Waals surface area contributed by atoms with Crippen LogP contribution in [0.25, 0.3) is 10.6 Å². The molecule has 0 saturated carbocycles. The van der Waals surface area contributed by atoms with Crippen molar-refractivity contribution in [2.75, 3.05) is 20.3 Å². The van der Waals surface area contributed by atoms with E-state index < -0.39 is 29.5 Å². The fraction of sp³-hybridized carbons (Fsp3) is 0.259. The summed E-state index contributed by atoms with van der Waals surface area (Å²) in [4.78, 5) is 44.8. The molecule has 1 amide bonds. The van der Waals surface area contributed by atoms with E-state index in [0.29, 0.717) is 34.2 Å². The SMILES string of the molecule is COCCCN1C(=O)C(O)=C(C(=O)c2sc(-c3ccccc3)nc2C)C1c1cccc(OC(C)=O)c1. The molecule has 36 heavy (non-hydrogen) atoms. The van der Waals surface area contributed by atoms with E-state index in [0.717, 1.165) is 5.56 Å². The first-order chi connectivity index (χ1) is 17.3. The molecule has 8 nitrogen and oxygen atoms in total. The number of Topliss-reactive ketones (excluding diaryl/α,β-unsaturated/α-hetero) is 1. The van der Waals surface area contributed by atoms with Crippen molar-refractivity contribution in [2.45, 2.75) is 26.3 Å². The number of carbonyl (C=O) groups excluding carboxylic acids is 3. The standard InChI is InChI=1S/C27H26N2O6S/c1-16-25(36-26(28-16)18-9-5-4-6-10-18)23(31)21-22(19-11-7-12-20(15-19)35-17(2)30)29(13-8-14-34-3)27(33)24(21)32/h4-7,9-12,15,22,32H,8,13-14H2,1-3H3. The highest BCUT2D eigenvalue weighted by molar-refractivity contribution is 7.17. The maximum absolute atomic E-state index is 13.9. The smallest absolute Gasteiger partial charge is 0.308 e. The van der Waals surface area contributed by atoms with Gasteiger partial charge in [-0.1, -0.05) is 42.5 Å². The van der Waals surface area contributed by atoms with Crippen LogP contribution in [0.1, 0.15) is 40.3 Å². The number of aromatic nitrogens is 1.